The van der Waals surface area contributed by atoms with Crippen LogP contribution in [-0.4, -0.2) is 56.5 Å². The SMILES string of the molecule is C=C(C)CN1C(=O)C(C)S/C1=N/N=C1/SCC(=O)N1C. The molecule has 2 heterocycles. The Hall–Kier alpha value is -1.28. The Labute approximate surface area is 126 Å². The maximum absolute atomic E-state index is 12.0. The molecule has 2 aliphatic rings. The molecular weight excluding hydrogens is 296 g/mol. The standard InChI is InChI=1S/C12H16N4O2S2/c1-7(2)5-16-10(18)8(3)20-12(16)14-13-11-15(4)9(17)6-19-11/h8H,1,5-6H2,2-4H3/b13-11+,14-12+. The van der Waals surface area contributed by atoms with Gasteiger partial charge in [-0.25, -0.2) is 0 Å². The maximum atomic E-state index is 12.0. The minimum atomic E-state index is -0.163. The molecule has 0 aromatic heterocycles. The Morgan fingerprint density at radius 3 is 2.60 bits per heavy atom. The molecule has 2 fully saturated rings. The van der Waals surface area contributed by atoms with Crippen molar-refractivity contribution in [1.82, 2.24) is 9.80 Å². The third-order valence-corrected chi connectivity index (χ3v) is 4.83. The molecule has 2 rings (SSSR count). The number of hydrogen-bond donors (Lipinski definition) is 0. The minimum absolute atomic E-state index is 0.0104. The lowest BCUT2D eigenvalue weighted by atomic mass is 10.3. The second kappa shape index (κ2) is 6.01. The predicted molar refractivity (Wildman–Crippen MR) is 83.7 cm³/mol. The highest BCUT2D eigenvalue weighted by atomic mass is 32.2. The molecule has 0 spiro atoms. The van der Waals surface area contributed by atoms with Crippen molar-refractivity contribution in [3.05, 3.63) is 12.2 Å². The Bertz CT molecular complexity index is 530. The van der Waals surface area contributed by atoms with E-state index in [4.69, 9.17) is 0 Å². The Kier molecular flexibility index (Phi) is 4.54. The third kappa shape index (κ3) is 3.06. The van der Waals surface area contributed by atoms with Gasteiger partial charge in [0.15, 0.2) is 10.3 Å². The first-order valence-electron chi connectivity index (χ1n) is 6.07. The van der Waals surface area contributed by atoms with E-state index in [-0.39, 0.29) is 17.1 Å². The number of rotatable bonds is 3. The zero-order valence-corrected chi connectivity index (χ0v) is 13.3. The quantitative estimate of drug-likeness (QED) is 0.583. The summed E-state index contributed by atoms with van der Waals surface area (Å²) >= 11 is 2.72. The number of hydrogen-bond acceptors (Lipinski definition) is 6. The van der Waals surface area contributed by atoms with Gasteiger partial charge >= 0.3 is 0 Å². The molecule has 108 valence electrons. The van der Waals surface area contributed by atoms with Crippen LogP contribution in [0.5, 0.6) is 0 Å². The second-order valence-electron chi connectivity index (χ2n) is 4.65. The summed E-state index contributed by atoms with van der Waals surface area (Å²) in [5.41, 5.74) is 0.885. The highest BCUT2D eigenvalue weighted by Crippen LogP contribution is 2.28. The molecule has 0 bridgehead atoms. The smallest absolute Gasteiger partial charge is 0.242 e. The molecule has 2 amide bonds. The Morgan fingerprint density at radius 1 is 1.40 bits per heavy atom. The van der Waals surface area contributed by atoms with Crippen LogP contribution in [0.2, 0.25) is 0 Å². The lowest BCUT2D eigenvalue weighted by molar-refractivity contribution is -0.125. The van der Waals surface area contributed by atoms with E-state index >= 15 is 0 Å². The van der Waals surface area contributed by atoms with Crippen molar-refractivity contribution >= 4 is 45.7 Å². The second-order valence-corrected chi connectivity index (χ2v) is 6.90. The molecule has 20 heavy (non-hydrogen) atoms. The van der Waals surface area contributed by atoms with Crippen LogP contribution in [0.4, 0.5) is 0 Å². The van der Waals surface area contributed by atoms with Crippen LogP contribution in [0.25, 0.3) is 0 Å². The zero-order valence-electron chi connectivity index (χ0n) is 11.6. The van der Waals surface area contributed by atoms with Crippen molar-refractivity contribution in [2.45, 2.75) is 19.1 Å². The molecular formula is C12H16N4O2S2. The fraction of sp³-hybridized carbons (Fsp3) is 0.500. The van der Waals surface area contributed by atoms with Crippen molar-refractivity contribution in [2.24, 2.45) is 10.2 Å². The van der Waals surface area contributed by atoms with E-state index in [1.54, 1.807) is 11.9 Å². The maximum Gasteiger partial charge on any atom is 0.242 e. The van der Waals surface area contributed by atoms with Crippen LogP contribution in [0.3, 0.4) is 0 Å². The predicted octanol–water partition coefficient (Wildman–Crippen LogP) is 1.36. The first-order chi connectivity index (χ1) is 9.40. The topological polar surface area (TPSA) is 65.3 Å². The van der Waals surface area contributed by atoms with Gasteiger partial charge < -0.3 is 0 Å². The number of nitrogens with zero attached hydrogens (tertiary/aromatic N) is 4. The van der Waals surface area contributed by atoms with Gasteiger partial charge in [0.05, 0.1) is 11.0 Å². The van der Waals surface area contributed by atoms with Gasteiger partial charge in [-0.3, -0.25) is 19.4 Å². The van der Waals surface area contributed by atoms with Crippen molar-refractivity contribution < 1.29 is 9.59 Å². The van der Waals surface area contributed by atoms with Crippen LogP contribution >= 0.6 is 23.5 Å². The molecule has 1 atom stereocenters. The highest BCUT2D eigenvalue weighted by molar-refractivity contribution is 8.15. The van der Waals surface area contributed by atoms with Gasteiger partial charge in [-0.1, -0.05) is 35.7 Å². The molecule has 2 aliphatic heterocycles. The Morgan fingerprint density at radius 2 is 2.05 bits per heavy atom. The summed E-state index contributed by atoms with van der Waals surface area (Å²) in [7, 11) is 1.67. The van der Waals surface area contributed by atoms with E-state index in [2.05, 4.69) is 16.8 Å². The molecule has 0 aliphatic carbocycles. The summed E-state index contributed by atoms with van der Waals surface area (Å²) in [6.45, 7) is 7.97. The Balaban J connectivity index is 2.19. The first kappa shape index (κ1) is 15.1. The van der Waals surface area contributed by atoms with Gasteiger partial charge in [-0.2, -0.15) is 0 Å². The fourth-order valence-corrected chi connectivity index (χ4v) is 3.44. The normalized spacial score (nSPS) is 27.2. The third-order valence-electron chi connectivity index (χ3n) is 2.76. The fourth-order valence-electron chi connectivity index (χ4n) is 1.69. The van der Waals surface area contributed by atoms with E-state index in [0.29, 0.717) is 22.6 Å². The van der Waals surface area contributed by atoms with Gasteiger partial charge in [0, 0.05) is 13.6 Å². The summed E-state index contributed by atoms with van der Waals surface area (Å²) in [5.74, 6) is 0.412. The van der Waals surface area contributed by atoms with Crippen molar-refractivity contribution in [3.63, 3.8) is 0 Å². The number of amides is 2. The van der Waals surface area contributed by atoms with Gasteiger partial charge in [0.1, 0.15) is 0 Å². The molecule has 6 nitrogen and oxygen atoms in total. The van der Waals surface area contributed by atoms with Crippen LogP contribution in [0, 0.1) is 0 Å². The average Bonchev–Trinajstić information content (AvgIpc) is 2.83. The molecule has 0 aromatic rings. The summed E-state index contributed by atoms with van der Waals surface area (Å²) < 4.78 is 0. The van der Waals surface area contributed by atoms with E-state index in [1.165, 1.54) is 28.4 Å². The van der Waals surface area contributed by atoms with Gasteiger partial charge in [-0.05, 0) is 13.8 Å². The summed E-state index contributed by atoms with van der Waals surface area (Å²) in [4.78, 5) is 26.5. The summed E-state index contributed by atoms with van der Waals surface area (Å²) in [6, 6.07) is 0. The lowest BCUT2D eigenvalue weighted by Gasteiger charge is -2.15. The lowest BCUT2D eigenvalue weighted by Crippen LogP contribution is -2.32. The molecule has 0 N–H and O–H groups in total. The van der Waals surface area contributed by atoms with Gasteiger partial charge in [0.25, 0.3) is 0 Å². The number of carbonyl (C=O) groups is 2. The molecule has 1 unspecified atom stereocenters. The van der Waals surface area contributed by atoms with Crippen molar-refractivity contribution in [2.75, 3.05) is 19.3 Å². The molecule has 8 heteroatoms. The molecule has 0 radical (unpaired) electrons. The number of carbonyl (C=O) groups excluding carboxylic acids is 2. The van der Waals surface area contributed by atoms with Crippen LogP contribution < -0.4 is 0 Å². The summed E-state index contributed by atoms with van der Waals surface area (Å²) in [5, 5.41) is 9.19. The minimum Gasteiger partial charge on any atom is -0.292 e. The van der Waals surface area contributed by atoms with E-state index in [1.807, 2.05) is 13.8 Å². The van der Waals surface area contributed by atoms with Crippen molar-refractivity contribution in [3.8, 4) is 0 Å². The number of amidine groups is 2. The first-order valence-corrected chi connectivity index (χ1v) is 7.94. The van der Waals surface area contributed by atoms with E-state index in [0.717, 1.165) is 5.57 Å². The van der Waals surface area contributed by atoms with Crippen LogP contribution in [0.1, 0.15) is 13.8 Å². The van der Waals surface area contributed by atoms with Crippen LogP contribution in [0.15, 0.2) is 22.4 Å². The van der Waals surface area contributed by atoms with Gasteiger partial charge in [0.2, 0.25) is 11.8 Å². The molecule has 0 aromatic carbocycles. The van der Waals surface area contributed by atoms with Crippen molar-refractivity contribution in [1.29, 1.82) is 0 Å². The molecule has 2 saturated heterocycles. The van der Waals surface area contributed by atoms with E-state index < -0.39 is 0 Å². The average molecular weight is 312 g/mol. The number of thioether (sulfide) groups is 2. The monoisotopic (exact) mass is 312 g/mol. The largest absolute Gasteiger partial charge is 0.292 e. The van der Waals surface area contributed by atoms with Gasteiger partial charge in [-0.15, -0.1) is 10.2 Å². The highest BCUT2D eigenvalue weighted by Gasteiger charge is 2.35. The summed E-state index contributed by atoms with van der Waals surface area (Å²) in [6.07, 6.45) is 0. The zero-order chi connectivity index (χ0) is 14.9. The molecule has 0 saturated carbocycles. The van der Waals surface area contributed by atoms with Crippen LogP contribution in [-0.2, 0) is 9.59 Å². The van der Waals surface area contributed by atoms with E-state index in [9.17, 15) is 9.59 Å².